The Bertz CT molecular complexity index is 550. The van der Waals surface area contributed by atoms with Gasteiger partial charge in [-0.15, -0.1) is 0 Å². The third kappa shape index (κ3) is 1.95. The number of amides is 2. The zero-order valence-electron chi connectivity index (χ0n) is 11.6. The fourth-order valence-electron chi connectivity index (χ4n) is 3.11. The van der Waals surface area contributed by atoms with Crippen LogP contribution in [-0.4, -0.2) is 34.0 Å². The number of β-amino-alcohol motifs (C(OH)–C–C–N with tert-alkyl or cyclic N) is 1. The molecule has 1 saturated carbocycles. The van der Waals surface area contributed by atoms with Gasteiger partial charge in [0.1, 0.15) is 0 Å². The average Bonchev–Trinajstić information content (AvgIpc) is 2.63. The Balaban J connectivity index is 1.86. The van der Waals surface area contributed by atoms with E-state index < -0.39 is 11.0 Å². The minimum absolute atomic E-state index is 0.146. The molecule has 0 radical (unpaired) electrons. The van der Waals surface area contributed by atoms with Gasteiger partial charge < -0.3 is 5.11 Å². The van der Waals surface area contributed by atoms with Crippen LogP contribution in [0, 0.1) is 0 Å². The molecule has 4 nitrogen and oxygen atoms in total. The summed E-state index contributed by atoms with van der Waals surface area (Å²) in [4.78, 5) is 26.1. The molecule has 1 saturated heterocycles. The number of benzene rings is 1. The highest BCUT2D eigenvalue weighted by molar-refractivity contribution is 6.08. The highest BCUT2D eigenvalue weighted by Crippen LogP contribution is 2.39. The second kappa shape index (κ2) is 4.42. The van der Waals surface area contributed by atoms with Crippen LogP contribution < -0.4 is 0 Å². The van der Waals surface area contributed by atoms with Crippen LogP contribution in [0.2, 0.25) is 0 Å². The van der Waals surface area contributed by atoms with Crippen molar-refractivity contribution in [3.63, 3.8) is 0 Å². The van der Waals surface area contributed by atoms with E-state index in [1.54, 1.807) is 0 Å². The van der Waals surface area contributed by atoms with Gasteiger partial charge in [-0.3, -0.25) is 14.5 Å². The zero-order chi connectivity index (χ0) is 14.4. The number of carbonyl (C=O) groups excluding carboxylic acids is 2. The van der Waals surface area contributed by atoms with Gasteiger partial charge in [0.05, 0.1) is 17.6 Å². The second-order valence-corrected chi connectivity index (χ2v) is 6.24. The lowest BCUT2D eigenvalue weighted by atomic mass is 9.79. The molecule has 1 atom stereocenters. The Hall–Kier alpha value is -1.68. The molecule has 3 rings (SSSR count). The standard InChI is InChI=1S/C16H19NO3/c1-15(12-6-3-2-4-7-12)10-13(18)17(14(15)19)11-16(20)8-5-9-16/h2-4,6-7,20H,5,8-11H2,1H3. The van der Waals surface area contributed by atoms with E-state index in [4.69, 9.17) is 0 Å². The van der Waals surface area contributed by atoms with Gasteiger partial charge in [0.15, 0.2) is 0 Å². The molecule has 0 aromatic heterocycles. The molecule has 2 amide bonds. The van der Waals surface area contributed by atoms with Crippen LogP contribution in [0.25, 0.3) is 0 Å². The van der Waals surface area contributed by atoms with Gasteiger partial charge in [0, 0.05) is 6.42 Å². The molecule has 1 heterocycles. The number of likely N-dealkylation sites (tertiary alicyclic amines) is 1. The van der Waals surface area contributed by atoms with E-state index in [1.165, 1.54) is 4.90 Å². The van der Waals surface area contributed by atoms with E-state index >= 15 is 0 Å². The lowest BCUT2D eigenvalue weighted by molar-refractivity contribution is -0.147. The summed E-state index contributed by atoms with van der Waals surface area (Å²) in [5, 5.41) is 10.2. The topological polar surface area (TPSA) is 57.6 Å². The van der Waals surface area contributed by atoms with Crippen LogP contribution in [0.1, 0.15) is 38.2 Å². The summed E-state index contributed by atoms with van der Waals surface area (Å²) in [7, 11) is 0. The van der Waals surface area contributed by atoms with Crippen LogP contribution >= 0.6 is 0 Å². The minimum Gasteiger partial charge on any atom is -0.388 e. The van der Waals surface area contributed by atoms with Crippen molar-refractivity contribution >= 4 is 11.8 Å². The van der Waals surface area contributed by atoms with Gasteiger partial charge in [-0.05, 0) is 31.7 Å². The van der Waals surface area contributed by atoms with Crippen molar-refractivity contribution in [3.05, 3.63) is 35.9 Å². The lowest BCUT2D eigenvalue weighted by Gasteiger charge is -2.39. The van der Waals surface area contributed by atoms with E-state index in [0.717, 1.165) is 12.0 Å². The molecule has 2 aliphatic rings. The predicted octanol–water partition coefficient (Wildman–Crippen LogP) is 1.62. The fourth-order valence-corrected chi connectivity index (χ4v) is 3.11. The normalized spacial score (nSPS) is 28.6. The number of hydrogen-bond donors (Lipinski definition) is 1. The van der Waals surface area contributed by atoms with Crippen LogP contribution in [-0.2, 0) is 15.0 Å². The molecule has 1 aliphatic heterocycles. The van der Waals surface area contributed by atoms with E-state index in [1.807, 2.05) is 37.3 Å². The predicted molar refractivity (Wildman–Crippen MR) is 73.9 cm³/mol. The Labute approximate surface area is 118 Å². The van der Waals surface area contributed by atoms with E-state index in [-0.39, 0.29) is 24.8 Å². The molecule has 1 aliphatic carbocycles. The van der Waals surface area contributed by atoms with Gasteiger partial charge in [-0.25, -0.2) is 0 Å². The van der Waals surface area contributed by atoms with Gasteiger partial charge >= 0.3 is 0 Å². The first kappa shape index (κ1) is 13.3. The highest BCUT2D eigenvalue weighted by atomic mass is 16.3. The van der Waals surface area contributed by atoms with Gasteiger partial charge in [-0.2, -0.15) is 0 Å². The molecular weight excluding hydrogens is 254 g/mol. The van der Waals surface area contributed by atoms with Gasteiger partial charge in [0.25, 0.3) is 0 Å². The Morgan fingerprint density at radius 2 is 1.85 bits per heavy atom. The number of aliphatic hydroxyl groups is 1. The van der Waals surface area contributed by atoms with Crippen molar-refractivity contribution in [1.29, 1.82) is 0 Å². The number of carbonyl (C=O) groups is 2. The molecule has 1 aromatic rings. The Kier molecular flexibility index (Phi) is 2.94. The summed E-state index contributed by atoms with van der Waals surface area (Å²) in [6, 6.07) is 9.41. The van der Waals surface area contributed by atoms with Gasteiger partial charge in [-0.1, -0.05) is 30.3 Å². The number of hydrogen-bond acceptors (Lipinski definition) is 3. The van der Waals surface area contributed by atoms with Crippen molar-refractivity contribution < 1.29 is 14.7 Å². The largest absolute Gasteiger partial charge is 0.388 e. The molecule has 4 heteroatoms. The minimum atomic E-state index is -0.854. The third-order valence-electron chi connectivity index (χ3n) is 4.67. The van der Waals surface area contributed by atoms with Crippen LogP contribution in [0.3, 0.4) is 0 Å². The maximum absolute atomic E-state index is 12.6. The van der Waals surface area contributed by atoms with Crippen molar-refractivity contribution in [2.75, 3.05) is 6.54 Å². The van der Waals surface area contributed by atoms with E-state index in [2.05, 4.69) is 0 Å². The first-order chi connectivity index (χ1) is 9.45. The van der Waals surface area contributed by atoms with Gasteiger partial charge in [0.2, 0.25) is 11.8 Å². The molecule has 106 valence electrons. The Morgan fingerprint density at radius 3 is 2.40 bits per heavy atom. The monoisotopic (exact) mass is 273 g/mol. The summed E-state index contributed by atoms with van der Waals surface area (Å²) in [5.41, 5.74) is -0.785. The maximum Gasteiger partial charge on any atom is 0.240 e. The van der Waals surface area contributed by atoms with Crippen LogP contribution in [0.4, 0.5) is 0 Å². The smallest absolute Gasteiger partial charge is 0.240 e. The highest BCUT2D eigenvalue weighted by Gasteiger charge is 2.51. The van der Waals surface area contributed by atoms with Crippen molar-refractivity contribution in [2.45, 2.75) is 43.6 Å². The number of rotatable bonds is 3. The number of imide groups is 1. The van der Waals surface area contributed by atoms with Crippen molar-refractivity contribution in [1.82, 2.24) is 4.90 Å². The van der Waals surface area contributed by atoms with Crippen molar-refractivity contribution in [3.8, 4) is 0 Å². The molecule has 1 unspecified atom stereocenters. The molecule has 0 bridgehead atoms. The molecule has 2 fully saturated rings. The van der Waals surface area contributed by atoms with E-state index in [9.17, 15) is 14.7 Å². The maximum atomic E-state index is 12.6. The molecular formula is C16H19NO3. The zero-order valence-corrected chi connectivity index (χ0v) is 11.6. The summed E-state index contributed by atoms with van der Waals surface area (Å²) in [6.45, 7) is 1.96. The Morgan fingerprint density at radius 1 is 1.20 bits per heavy atom. The van der Waals surface area contributed by atoms with E-state index in [0.29, 0.717) is 12.8 Å². The quantitative estimate of drug-likeness (QED) is 0.851. The second-order valence-electron chi connectivity index (χ2n) is 6.24. The average molecular weight is 273 g/mol. The van der Waals surface area contributed by atoms with Crippen LogP contribution in [0.15, 0.2) is 30.3 Å². The first-order valence-corrected chi connectivity index (χ1v) is 7.07. The first-order valence-electron chi connectivity index (χ1n) is 7.07. The summed E-state index contributed by atoms with van der Waals surface area (Å²) in [6.07, 6.45) is 2.49. The summed E-state index contributed by atoms with van der Waals surface area (Å²) < 4.78 is 0. The number of nitrogens with zero attached hydrogens (tertiary/aromatic N) is 1. The SMILES string of the molecule is CC1(c2ccccc2)CC(=O)N(CC2(O)CCC2)C1=O. The summed E-state index contributed by atoms with van der Waals surface area (Å²) in [5.74, 6) is -0.365. The fraction of sp³-hybridized carbons (Fsp3) is 0.500. The lowest BCUT2D eigenvalue weighted by Crippen LogP contribution is -2.50. The summed E-state index contributed by atoms with van der Waals surface area (Å²) >= 11 is 0. The molecule has 0 spiro atoms. The van der Waals surface area contributed by atoms with Crippen molar-refractivity contribution in [2.24, 2.45) is 0 Å². The molecule has 20 heavy (non-hydrogen) atoms. The third-order valence-corrected chi connectivity index (χ3v) is 4.67. The molecule has 1 N–H and O–H groups in total. The van der Waals surface area contributed by atoms with Crippen LogP contribution in [0.5, 0.6) is 0 Å². The molecule has 1 aromatic carbocycles.